The fourth-order valence-corrected chi connectivity index (χ4v) is 2.84. The summed E-state index contributed by atoms with van der Waals surface area (Å²) in [7, 11) is 0. The van der Waals surface area contributed by atoms with E-state index in [2.05, 4.69) is 20.4 Å². The lowest BCUT2D eigenvalue weighted by molar-refractivity contribution is 0.108. The summed E-state index contributed by atoms with van der Waals surface area (Å²) in [5.41, 5.74) is 1.50. The molecule has 3 rings (SSSR count). The Balaban J connectivity index is 1.68. The van der Waals surface area contributed by atoms with Crippen molar-refractivity contribution in [2.75, 3.05) is 25.1 Å². The van der Waals surface area contributed by atoms with Gasteiger partial charge in [0.25, 0.3) is 5.56 Å². The molecule has 144 valence electrons. The zero-order chi connectivity index (χ0) is 19.2. The average Bonchev–Trinajstić information content (AvgIpc) is 3.06. The number of hydrogen-bond acceptors (Lipinski definition) is 6. The minimum atomic E-state index is -0.288. The lowest BCUT2D eigenvalue weighted by Crippen LogP contribution is -2.17. The maximum Gasteiger partial charge on any atom is 0.278 e. The number of ether oxygens (including phenoxy) is 1. The molecule has 0 aliphatic heterocycles. The summed E-state index contributed by atoms with van der Waals surface area (Å²) in [5.74, 6) is 0.345. The van der Waals surface area contributed by atoms with Gasteiger partial charge in [0.1, 0.15) is 5.52 Å². The van der Waals surface area contributed by atoms with Gasteiger partial charge in [-0.1, -0.05) is 29.3 Å². The van der Waals surface area contributed by atoms with E-state index in [9.17, 15) is 4.79 Å². The van der Waals surface area contributed by atoms with E-state index in [1.54, 1.807) is 23.0 Å². The summed E-state index contributed by atoms with van der Waals surface area (Å²) in [6.45, 7) is 1.81. The highest BCUT2D eigenvalue weighted by atomic mass is 35.5. The van der Waals surface area contributed by atoms with Crippen LogP contribution in [0, 0.1) is 0 Å². The van der Waals surface area contributed by atoms with Crippen LogP contribution in [0.4, 0.5) is 5.95 Å². The molecule has 0 spiro atoms. The molecule has 3 N–H and O–H groups in total. The van der Waals surface area contributed by atoms with E-state index in [0.29, 0.717) is 59.8 Å². The maximum absolute atomic E-state index is 12.4. The van der Waals surface area contributed by atoms with Gasteiger partial charge in [-0.2, -0.15) is 5.10 Å². The van der Waals surface area contributed by atoms with Gasteiger partial charge in [0.15, 0.2) is 5.52 Å². The zero-order valence-corrected chi connectivity index (χ0v) is 15.9. The Morgan fingerprint density at radius 3 is 2.89 bits per heavy atom. The largest absolute Gasteiger partial charge is 0.396 e. The van der Waals surface area contributed by atoms with Gasteiger partial charge in [-0.25, -0.2) is 4.98 Å². The number of aliphatic hydroxyl groups is 1. The summed E-state index contributed by atoms with van der Waals surface area (Å²) in [6, 6.07) is 5.31. The predicted molar refractivity (Wildman–Crippen MR) is 104 cm³/mol. The molecule has 0 unspecified atom stereocenters. The molecule has 8 nitrogen and oxygen atoms in total. The van der Waals surface area contributed by atoms with Gasteiger partial charge in [-0.15, -0.1) is 0 Å². The molecule has 0 fully saturated rings. The van der Waals surface area contributed by atoms with E-state index >= 15 is 0 Å². The second kappa shape index (κ2) is 9.18. The van der Waals surface area contributed by atoms with Gasteiger partial charge in [0.2, 0.25) is 5.95 Å². The molecule has 10 heteroatoms. The van der Waals surface area contributed by atoms with Crippen molar-refractivity contribution in [3.8, 4) is 0 Å². The average molecular weight is 412 g/mol. The molecule has 0 bridgehead atoms. The maximum atomic E-state index is 12.4. The first kappa shape index (κ1) is 19.6. The number of fused-ring (bicyclic) bond motifs is 1. The summed E-state index contributed by atoms with van der Waals surface area (Å²) < 4.78 is 6.94. The van der Waals surface area contributed by atoms with Crippen molar-refractivity contribution in [3.63, 3.8) is 0 Å². The number of aliphatic hydroxyl groups excluding tert-OH is 1. The molecule has 2 aromatic heterocycles. The van der Waals surface area contributed by atoms with E-state index in [0.717, 1.165) is 5.56 Å². The van der Waals surface area contributed by atoms with Crippen molar-refractivity contribution in [1.82, 2.24) is 19.7 Å². The third-order valence-corrected chi connectivity index (χ3v) is 4.58. The topological polar surface area (TPSA) is 105 Å². The molecular formula is C17H19Cl2N5O3. The lowest BCUT2D eigenvalue weighted by Gasteiger charge is -2.07. The van der Waals surface area contributed by atoms with Gasteiger partial charge < -0.3 is 15.2 Å². The SMILES string of the molecule is O=c1[nH]c(NCc2ccc(Cl)c(Cl)c2)nc2cnn(CCOCCCO)c12. The molecule has 1 aromatic carbocycles. The third kappa shape index (κ3) is 4.98. The van der Waals surface area contributed by atoms with Gasteiger partial charge in [-0.3, -0.25) is 14.5 Å². The quantitative estimate of drug-likeness (QED) is 0.467. The number of H-pyrrole nitrogens is 1. The van der Waals surface area contributed by atoms with E-state index in [4.69, 9.17) is 33.0 Å². The molecule has 0 atom stereocenters. The van der Waals surface area contributed by atoms with Crippen LogP contribution in [0.2, 0.25) is 10.0 Å². The van der Waals surface area contributed by atoms with Gasteiger partial charge in [-0.05, 0) is 24.1 Å². The molecule has 2 heterocycles. The van der Waals surface area contributed by atoms with Crippen LogP contribution in [0.1, 0.15) is 12.0 Å². The highest BCUT2D eigenvalue weighted by molar-refractivity contribution is 6.42. The number of aromatic nitrogens is 4. The van der Waals surface area contributed by atoms with Crippen molar-refractivity contribution in [1.29, 1.82) is 0 Å². The Morgan fingerprint density at radius 1 is 1.26 bits per heavy atom. The summed E-state index contributed by atoms with van der Waals surface area (Å²) in [5, 5.41) is 16.9. The molecule has 0 aliphatic carbocycles. The van der Waals surface area contributed by atoms with Crippen LogP contribution in [-0.4, -0.2) is 44.7 Å². The normalized spacial score (nSPS) is 11.2. The Labute approximate surface area is 165 Å². The fraction of sp³-hybridized carbons (Fsp3) is 0.353. The molecule has 27 heavy (non-hydrogen) atoms. The number of halogens is 2. The van der Waals surface area contributed by atoms with Crippen LogP contribution in [0.15, 0.2) is 29.2 Å². The Morgan fingerprint density at radius 2 is 2.11 bits per heavy atom. The van der Waals surface area contributed by atoms with Gasteiger partial charge >= 0.3 is 0 Å². The number of anilines is 1. The van der Waals surface area contributed by atoms with E-state index < -0.39 is 0 Å². The minimum absolute atomic E-state index is 0.0896. The van der Waals surface area contributed by atoms with Crippen LogP contribution in [0.5, 0.6) is 0 Å². The van der Waals surface area contributed by atoms with E-state index in [-0.39, 0.29) is 12.2 Å². The first-order valence-electron chi connectivity index (χ1n) is 8.40. The lowest BCUT2D eigenvalue weighted by atomic mass is 10.2. The number of benzene rings is 1. The first-order chi connectivity index (χ1) is 13.1. The van der Waals surface area contributed by atoms with E-state index in [1.807, 2.05) is 6.07 Å². The second-order valence-corrected chi connectivity index (χ2v) is 6.62. The van der Waals surface area contributed by atoms with Crippen LogP contribution >= 0.6 is 23.2 Å². The molecule has 0 saturated heterocycles. The molecule has 0 amide bonds. The minimum Gasteiger partial charge on any atom is -0.396 e. The van der Waals surface area contributed by atoms with Crippen molar-refractivity contribution in [2.45, 2.75) is 19.5 Å². The molecule has 0 aliphatic rings. The molecule has 3 aromatic rings. The molecule has 0 radical (unpaired) electrons. The Hall–Kier alpha value is -2.13. The van der Waals surface area contributed by atoms with Crippen LogP contribution < -0.4 is 10.9 Å². The van der Waals surface area contributed by atoms with Gasteiger partial charge in [0, 0.05) is 19.8 Å². The standard InChI is InChI=1S/C17H19Cl2N5O3/c18-12-3-2-11(8-13(12)19)9-20-17-22-14-10-21-24(15(14)16(26)23-17)4-7-27-6-1-5-25/h2-3,8,10,25H,1,4-7,9H2,(H2,20,22,23,26). The Bertz CT molecular complexity index is 973. The zero-order valence-electron chi connectivity index (χ0n) is 14.4. The van der Waals surface area contributed by atoms with Gasteiger partial charge in [0.05, 0.1) is 29.4 Å². The van der Waals surface area contributed by atoms with Crippen molar-refractivity contribution < 1.29 is 9.84 Å². The van der Waals surface area contributed by atoms with Crippen molar-refractivity contribution >= 4 is 40.2 Å². The summed E-state index contributed by atoms with van der Waals surface area (Å²) in [6.07, 6.45) is 2.12. The molecular weight excluding hydrogens is 393 g/mol. The molecule has 0 saturated carbocycles. The fourth-order valence-electron chi connectivity index (χ4n) is 2.51. The number of rotatable bonds is 9. The number of hydrogen-bond donors (Lipinski definition) is 3. The summed E-state index contributed by atoms with van der Waals surface area (Å²) >= 11 is 11.9. The van der Waals surface area contributed by atoms with E-state index in [1.165, 1.54) is 0 Å². The van der Waals surface area contributed by atoms with Crippen LogP contribution in [0.25, 0.3) is 11.0 Å². The highest BCUT2D eigenvalue weighted by Gasteiger charge is 2.10. The number of nitrogens with one attached hydrogen (secondary N) is 2. The Kier molecular flexibility index (Phi) is 6.68. The monoisotopic (exact) mass is 411 g/mol. The van der Waals surface area contributed by atoms with Crippen LogP contribution in [0.3, 0.4) is 0 Å². The predicted octanol–water partition coefficient (Wildman–Crippen LogP) is 2.44. The summed E-state index contributed by atoms with van der Waals surface area (Å²) in [4.78, 5) is 19.5. The number of nitrogens with zero attached hydrogens (tertiary/aromatic N) is 3. The van der Waals surface area contributed by atoms with Crippen molar-refractivity contribution in [2.24, 2.45) is 0 Å². The second-order valence-electron chi connectivity index (χ2n) is 5.81. The first-order valence-corrected chi connectivity index (χ1v) is 9.16. The van der Waals surface area contributed by atoms with Crippen molar-refractivity contribution in [3.05, 3.63) is 50.4 Å². The smallest absolute Gasteiger partial charge is 0.278 e. The highest BCUT2D eigenvalue weighted by Crippen LogP contribution is 2.22. The number of aromatic amines is 1. The third-order valence-electron chi connectivity index (χ3n) is 3.84. The van der Waals surface area contributed by atoms with Crippen LogP contribution in [-0.2, 0) is 17.8 Å².